The Labute approximate surface area is 166 Å². The smallest absolute Gasteiger partial charge is 0.270 e. The number of nitrogens with zero attached hydrogens (tertiary/aromatic N) is 2. The number of aromatic nitrogens is 3. The summed E-state index contributed by atoms with van der Waals surface area (Å²) in [7, 11) is 0. The van der Waals surface area contributed by atoms with Crippen LogP contribution >= 0.6 is 0 Å². The van der Waals surface area contributed by atoms with E-state index in [9.17, 15) is 10.1 Å². The monoisotopic (exact) mass is 380 g/mol. The molecule has 0 unspecified atom stereocenters. The highest BCUT2D eigenvalue weighted by Crippen LogP contribution is 2.36. The second-order valence-electron chi connectivity index (χ2n) is 6.73. The van der Waals surface area contributed by atoms with Crippen molar-refractivity contribution in [3.05, 3.63) is 95.2 Å². The van der Waals surface area contributed by atoms with Crippen LogP contribution in [0.4, 0.5) is 5.69 Å². The average Bonchev–Trinajstić information content (AvgIpc) is 3.39. The third-order valence-electron chi connectivity index (χ3n) is 4.94. The molecule has 0 atom stereocenters. The number of hydrogen-bond donors (Lipinski definition) is 2. The van der Waals surface area contributed by atoms with E-state index >= 15 is 0 Å². The van der Waals surface area contributed by atoms with Crippen LogP contribution in [0.2, 0.25) is 0 Å². The summed E-state index contributed by atoms with van der Waals surface area (Å²) < 4.78 is 0. The van der Waals surface area contributed by atoms with E-state index in [1.165, 1.54) is 6.07 Å². The lowest BCUT2D eigenvalue weighted by atomic mass is 10.0. The maximum Gasteiger partial charge on any atom is 0.270 e. The van der Waals surface area contributed by atoms with E-state index in [4.69, 9.17) is 4.98 Å². The normalized spacial score (nSPS) is 11.0. The summed E-state index contributed by atoms with van der Waals surface area (Å²) >= 11 is 0. The van der Waals surface area contributed by atoms with Gasteiger partial charge in [0.05, 0.1) is 16.3 Å². The number of nitrogens with one attached hydrogen (secondary N) is 2. The summed E-state index contributed by atoms with van der Waals surface area (Å²) in [4.78, 5) is 22.4. The van der Waals surface area contributed by atoms with E-state index in [2.05, 4.69) is 9.97 Å². The van der Waals surface area contributed by atoms with E-state index in [0.29, 0.717) is 17.1 Å². The number of non-ortho nitro benzene ring substituents is 1. The van der Waals surface area contributed by atoms with Crippen LogP contribution in [0.3, 0.4) is 0 Å². The van der Waals surface area contributed by atoms with E-state index in [0.717, 1.165) is 27.7 Å². The van der Waals surface area contributed by atoms with Crippen LogP contribution in [-0.2, 0) is 0 Å². The Bertz CT molecular complexity index is 1340. The van der Waals surface area contributed by atoms with Gasteiger partial charge in [0.1, 0.15) is 5.82 Å². The van der Waals surface area contributed by atoms with Crippen molar-refractivity contribution in [2.75, 3.05) is 0 Å². The molecule has 0 spiro atoms. The van der Waals surface area contributed by atoms with Crippen LogP contribution in [0.1, 0.15) is 0 Å². The number of aromatic amines is 2. The maximum atomic E-state index is 11.3. The predicted octanol–water partition coefficient (Wildman–Crippen LogP) is 5.80. The quantitative estimate of drug-likeness (QED) is 0.305. The van der Waals surface area contributed by atoms with E-state index in [1.54, 1.807) is 12.1 Å². The van der Waals surface area contributed by atoms with Crippen LogP contribution in [0.5, 0.6) is 0 Å². The van der Waals surface area contributed by atoms with Crippen molar-refractivity contribution >= 4 is 16.6 Å². The van der Waals surface area contributed by atoms with Crippen LogP contribution in [0.25, 0.3) is 44.8 Å². The molecule has 5 aromatic rings. The van der Waals surface area contributed by atoms with Gasteiger partial charge < -0.3 is 9.97 Å². The molecule has 0 saturated heterocycles. The van der Waals surface area contributed by atoms with Gasteiger partial charge in [0.25, 0.3) is 5.69 Å². The van der Waals surface area contributed by atoms with Crippen molar-refractivity contribution in [2.24, 2.45) is 0 Å². The number of imidazole rings is 1. The van der Waals surface area contributed by atoms with Crippen molar-refractivity contribution in [1.29, 1.82) is 0 Å². The number of H-pyrrole nitrogens is 2. The molecule has 29 heavy (non-hydrogen) atoms. The average molecular weight is 380 g/mol. The zero-order chi connectivity index (χ0) is 19.8. The van der Waals surface area contributed by atoms with E-state index in [1.807, 2.05) is 66.9 Å². The van der Waals surface area contributed by atoms with Crippen molar-refractivity contribution in [3.63, 3.8) is 0 Å². The number of nitro benzene ring substituents is 1. The summed E-state index contributed by atoms with van der Waals surface area (Å²) in [5.41, 5.74) is 5.18. The lowest BCUT2D eigenvalue weighted by Gasteiger charge is -2.03. The first-order valence-corrected chi connectivity index (χ1v) is 9.17. The van der Waals surface area contributed by atoms with Gasteiger partial charge in [0.2, 0.25) is 0 Å². The Morgan fingerprint density at radius 1 is 0.862 bits per heavy atom. The Hall–Kier alpha value is -4.19. The summed E-state index contributed by atoms with van der Waals surface area (Å²) in [5.74, 6) is 0.711. The fourth-order valence-electron chi connectivity index (χ4n) is 3.56. The molecule has 3 aromatic carbocycles. The molecule has 5 rings (SSSR count). The number of benzene rings is 3. The summed E-state index contributed by atoms with van der Waals surface area (Å²) in [6.45, 7) is 0. The van der Waals surface area contributed by atoms with Gasteiger partial charge in [-0.15, -0.1) is 0 Å². The van der Waals surface area contributed by atoms with Crippen LogP contribution < -0.4 is 0 Å². The summed E-state index contributed by atoms with van der Waals surface area (Å²) in [5, 5.41) is 12.3. The lowest BCUT2D eigenvalue weighted by Crippen LogP contribution is -1.89. The minimum Gasteiger partial charge on any atom is -0.360 e. The first kappa shape index (κ1) is 16.9. The van der Waals surface area contributed by atoms with E-state index in [-0.39, 0.29) is 10.6 Å². The molecule has 2 N–H and O–H groups in total. The van der Waals surface area contributed by atoms with Crippen LogP contribution in [0.15, 0.2) is 85.1 Å². The van der Waals surface area contributed by atoms with Crippen molar-refractivity contribution in [2.45, 2.75) is 0 Å². The molecule has 0 aliphatic heterocycles. The Morgan fingerprint density at radius 3 is 2.45 bits per heavy atom. The SMILES string of the molecule is O=[N+]([O-])c1cccc(-c2nc(-c3c[nH]c4ccccc34)[nH]c2-c2ccccc2)c1. The molecule has 2 aromatic heterocycles. The third kappa shape index (κ3) is 2.96. The second kappa shape index (κ2) is 6.76. The maximum absolute atomic E-state index is 11.3. The Kier molecular flexibility index (Phi) is 3.95. The molecule has 0 bridgehead atoms. The summed E-state index contributed by atoms with van der Waals surface area (Å²) in [6.07, 6.45) is 1.93. The minimum absolute atomic E-state index is 0.0400. The van der Waals surface area contributed by atoms with E-state index < -0.39 is 0 Å². The first-order valence-electron chi connectivity index (χ1n) is 9.17. The highest BCUT2D eigenvalue weighted by molar-refractivity contribution is 5.95. The second-order valence-corrected chi connectivity index (χ2v) is 6.73. The Balaban J connectivity index is 1.74. The molecule has 6 nitrogen and oxygen atoms in total. The zero-order valence-corrected chi connectivity index (χ0v) is 15.3. The highest BCUT2D eigenvalue weighted by atomic mass is 16.6. The molecule has 0 aliphatic rings. The van der Waals surface area contributed by atoms with Gasteiger partial charge in [0, 0.05) is 45.9 Å². The van der Waals surface area contributed by atoms with Gasteiger partial charge in [-0.2, -0.15) is 0 Å². The summed E-state index contributed by atoms with van der Waals surface area (Å²) in [6, 6.07) is 24.4. The molecular weight excluding hydrogens is 364 g/mol. The van der Waals surface area contributed by atoms with Gasteiger partial charge in [-0.05, 0) is 6.07 Å². The van der Waals surface area contributed by atoms with Crippen LogP contribution in [0, 0.1) is 10.1 Å². The number of hydrogen-bond acceptors (Lipinski definition) is 3. The Morgan fingerprint density at radius 2 is 1.62 bits per heavy atom. The third-order valence-corrected chi connectivity index (χ3v) is 4.94. The van der Waals surface area contributed by atoms with Gasteiger partial charge >= 0.3 is 0 Å². The standard InChI is InChI=1S/C23H16N4O2/c28-27(29)17-10-6-9-16(13-17)22-21(15-7-2-1-3-8-15)25-23(26-22)19-14-24-20-12-5-4-11-18(19)20/h1-14,24H,(H,25,26). The van der Waals surface area contributed by atoms with Gasteiger partial charge in [-0.25, -0.2) is 4.98 Å². The molecule has 140 valence electrons. The number of nitro groups is 1. The molecule has 0 aliphatic carbocycles. The molecule has 0 fully saturated rings. The lowest BCUT2D eigenvalue weighted by molar-refractivity contribution is -0.384. The number of fused-ring (bicyclic) bond motifs is 1. The molecule has 2 heterocycles. The van der Waals surface area contributed by atoms with Crippen molar-refractivity contribution < 1.29 is 4.92 Å². The fraction of sp³-hybridized carbons (Fsp3) is 0. The first-order chi connectivity index (χ1) is 14.2. The molecule has 0 saturated carbocycles. The fourth-order valence-corrected chi connectivity index (χ4v) is 3.56. The van der Waals surface area contributed by atoms with Crippen LogP contribution in [-0.4, -0.2) is 19.9 Å². The highest BCUT2D eigenvalue weighted by Gasteiger charge is 2.18. The van der Waals surface area contributed by atoms with Crippen molar-refractivity contribution in [3.8, 4) is 33.9 Å². The predicted molar refractivity (Wildman–Crippen MR) is 113 cm³/mol. The molecule has 0 radical (unpaired) electrons. The topological polar surface area (TPSA) is 87.6 Å². The molecule has 0 amide bonds. The number of para-hydroxylation sites is 1. The molecule has 6 heteroatoms. The van der Waals surface area contributed by atoms with Gasteiger partial charge in [0.15, 0.2) is 0 Å². The molecular formula is C23H16N4O2. The zero-order valence-electron chi connectivity index (χ0n) is 15.3. The largest absolute Gasteiger partial charge is 0.360 e. The number of rotatable bonds is 4. The van der Waals surface area contributed by atoms with Gasteiger partial charge in [-0.3, -0.25) is 10.1 Å². The van der Waals surface area contributed by atoms with Crippen molar-refractivity contribution in [1.82, 2.24) is 15.0 Å². The van der Waals surface area contributed by atoms with Gasteiger partial charge in [-0.1, -0.05) is 60.7 Å². The minimum atomic E-state index is -0.390.